The molecule has 4 nitrogen and oxygen atoms in total. The average Bonchev–Trinajstić information content (AvgIpc) is 2.35. The number of hydrogen-bond acceptors (Lipinski definition) is 3. The first-order valence-corrected chi connectivity index (χ1v) is 7.41. The van der Waals surface area contributed by atoms with E-state index in [1.54, 1.807) is 6.92 Å². The van der Waals surface area contributed by atoms with Crippen LogP contribution in [0.25, 0.3) is 0 Å². The van der Waals surface area contributed by atoms with Gasteiger partial charge in [0.15, 0.2) is 0 Å². The Hall–Kier alpha value is -1.20. The summed E-state index contributed by atoms with van der Waals surface area (Å²) in [5.74, 6) is -0.411. The number of benzene rings is 1. The van der Waals surface area contributed by atoms with Crippen molar-refractivity contribution in [3.8, 4) is 0 Å². The first-order chi connectivity index (χ1) is 8.86. The fourth-order valence-corrected chi connectivity index (χ4v) is 2.21. The molecule has 0 radical (unpaired) electrons. The Morgan fingerprint density at radius 3 is 2.37 bits per heavy atom. The summed E-state index contributed by atoms with van der Waals surface area (Å²) in [7, 11) is -1.34. The second-order valence-electron chi connectivity index (χ2n) is 5.09. The van der Waals surface area contributed by atoms with E-state index >= 15 is 0 Å². The van der Waals surface area contributed by atoms with Crippen molar-refractivity contribution in [3.63, 3.8) is 0 Å². The molecule has 0 fully saturated rings. The Labute approximate surface area is 117 Å². The minimum atomic E-state index is -1.34. The van der Waals surface area contributed by atoms with E-state index in [2.05, 4.69) is 4.72 Å². The number of carbonyl (C=O) groups is 1. The van der Waals surface area contributed by atoms with Crippen molar-refractivity contribution in [1.82, 2.24) is 4.72 Å². The Bertz CT molecular complexity index is 440. The van der Waals surface area contributed by atoms with Crippen LogP contribution in [-0.4, -0.2) is 21.5 Å². The summed E-state index contributed by atoms with van der Waals surface area (Å²) in [6.45, 7) is 7.60. The molecule has 0 aliphatic rings. The maximum absolute atomic E-state index is 12.1. The highest BCUT2D eigenvalue weighted by Gasteiger charge is 2.28. The molecule has 0 spiro atoms. The van der Waals surface area contributed by atoms with Gasteiger partial charge in [-0.1, -0.05) is 30.3 Å². The van der Waals surface area contributed by atoms with E-state index in [1.807, 2.05) is 51.1 Å². The highest BCUT2D eigenvalue weighted by atomic mass is 32.2. The molecule has 106 valence electrons. The van der Waals surface area contributed by atoms with Gasteiger partial charge in [0.25, 0.3) is 0 Å². The topological polar surface area (TPSA) is 55.4 Å². The van der Waals surface area contributed by atoms with E-state index in [0.717, 1.165) is 5.56 Å². The molecule has 1 N–H and O–H groups in total. The lowest BCUT2D eigenvalue weighted by molar-refractivity contribution is -0.145. The van der Waals surface area contributed by atoms with Gasteiger partial charge < -0.3 is 4.74 Å². The maximum Gasteiger partial charge on any atom is 0.328 e. The molecule has 0 aliphatic carbocycles. The van der Waals surface area contributed by atoms with Crippen LogP contribution in [0.5, 0.6) is 0 Å². The fraction of sp³-hybridized carbons (Fsp3) is 0.500. The first-order valence-electron chi connectivity index (χ1n) is 6.26. The zero-order valence-corrected chi connectivity index (χ0v) is 12.6. The van der Waals surface area contributed by atoms with Crippen molar-refractivity contribution in [2.24, 2.45) is 0 Å². The third-order valence-corrected chi connectivity index (χ3v) is 4.00. The SMILES string of the molecule is CCOC(=O)[C@H](NS(=O)C(C)(C)C)c1ccccc1. The zero-order chi connectivity index (χ0) is 14.5. The quantitative estimate of drug-likeness (QED) is 0.844. The van der Waals surface area contributed by atoms with Crippen LogP contribution in [0.4, 0.5) is 0 Å². The molecule has 1 aromatic carbocycles. The molecule has 0 aromatic heterocycles. The number of nitrogens with one attached hydrogen (secondary N) is 1. The third-order valence-electron chi connectivity index (χ3n) is 2.44. The van der Waals surface area contributed by atoms with Crippen molar-refractivity contribution in [2.75, 3.05) is 6.61 Å². The van der Waals surface area contributed by atoms with E-state index in [-0.39, 0.29) is 0 Å². The van der Waals surface area contributed by atoms with Crippen molar-refractivity contribution >= 4 is 17.0 Å². The minimum Gasteiger partial charge on any atom is -0.465 e. The minimum absolute atomic E-state index is 0.298. The van der Waals surface area contributed by atoms with Crippen molar-refractivity contribution in [1.29, 1.82) is 0 Å². The Kier molecular flexibility index (Phi) is 5.69. The van der Waals surface area contributed by atoms with Gasteiger partial charge in [-0.15, -0.1) is 0 Å². The summed E-state index contributed by atoms with van der Waals surface area (Å²) in [6.07, 6.45) is 0. The first kappa shape index (κ1) is 15.9. The molecule has 0 amide bonds. The predicted octanol–water partition coefficient (Wildman–Crippen LogP) is 2.34. The van der Waals surface area contributed by atoms with Crippen LogP contribution >= 0.6 is 0 Å². The summed E-state index contributed by atoms with van der Waals surface area (Å²) in [6, 6.07) is 8.46. The molecule has 5 heteroatoms. The molecule has 1 aromatic rings. The average molecular weight is 283 g/mol. The van der Waals surface area contributed by atoms with Gasteiger partial charge in [-0.3, -0.25) is 0 Å². The standard InChI is InChI=1S/C14H21NO3S/c1-5-18-13(16)12(11-9-7-6-8-10-11)15-19(17)14(2,3)4/h6-10,12,15H,5H2,1-4H3/t12-,19?/m1/s1. The van der Waals surface area contributed by atoms with Crippen LogP contribution in [0.15, 0.2) is 30.3 Å². The molecule has 0 saturated heterocycles. The molecule has 0 heterocycles. The van der Waals surface area contributed by atoms with Crippen LogP contribution in [0.3, 0.4) is 0 Å². The highest BCUT2D eigenvalue weighted by molar-refractivity contribution is 7.84. The summed E-state index contributed by atoms with van der Waals surface area (Å²) in [4.78, 5) is 12.0. The van der Waals surface area contributed by atoms with Crippen LogP contribution < -0.4 is 4.72 Å². The van der Waals surface area contributed by atoms with E-state index in [1.165, 1.54) is 0 Å². The lowest BCUT2D eigenvalue weighted by atomic mass is 10.1. The third kappa shape index (κ3) is 4.76. The van der Waals surface area contributed by atoms with Gasteiger partial charge in [-0.05, 0) is 33.3 Å². The van der Waals surface area contributed by atoms with Crippen LogP contribution in [0.2, 0.25) is 0 Å². The van der Waals surface area contributed by atoms with Gasteiger partial charge in [0, 0.05) is 0 Å². The largest absolute Gasteiger partial charge is 0.465 e. The lowest BCUT2D eigenvalue weighted by Gasteiger charge is -2.23. The molecule has 0 bridgehead atoms. The molecule has 2 atom stereocenters. The van der Waals surface area contributed by atoms with Crippen molar-refractivity contribution in [3.05, 3.63) is 35.9 Å². The fourth-order valence-electron chi connectivity index (χ4n) is 1.41. The highest BCUT2D eigenvalue weighted by Crippen LogP contribution is 2.18. The Morgan fingerprint density at radius 1 is 1.32 bits per heavy atom. The Balaban J connectivity index is 2.94. The van der Waals surface area contributed by atoms with Crippen LogP contribution in [-0.2, 0) is 20.5 Å². The normalized spacial score (nSPS) is 14.7. The predicted molar refractivity (Wildman–Crippen MR) is 76.8 cm³/mol. The summed E-state index contributed by atoms with van der Waals surface area (Å²) < 4.78 is 19.6. The van der Waals surface area contributed by atoms with Gasteiger partial charge in [-0.25, -0.2) is 13.7 Å². The van der Waals surface area contributed by atoms with Gasteiger partial charge in [0.2, 0.25) is 0 Å². The molecular weight excluding hydrogens is 262 g/mol. The van der Waals surface area contributed by atoms with Gasteiger partial charge in [0.05, 0.1) is 22.3 Å². The zero-order valence-electron chi connectivity index (χ0n) is 11.8. The molecular formula is C14H21NO3S. The lowest BCUT2D eigenvalue weighted by Crippen LogP contribution is -2.39. The molecule has 0 aliphatic heterocycles. The summed E-state index contributed by atoms with van der Waals surface area (Å²) in [5.41, 5.74) is 0.749. The second-order valence-corrected chi connectivity index (χ2v) is 7.09. The molecule has 1 rings (SSSR count). The maximum atomic E-state index is 12.1. The van der Waals surface area contributed by atoms with Gasteiger partial charge in [-0.2, -0.15) is 0 Å². The van der Waals surface area contributed by atoms with Crippen LogP contribution in [0, 0.1) is 0 Å². The molecule has 19 heavy (non-hydrogen) atoms. The number of carbonyl (C=O) groups excluding carboxylic acids is 1. The monoisotopic (exact) mass is 283 g/mol. The van der Waals surface area contributed by atoms with Crippen LogP contribution in [0.1, 0.15) is 39.3 Å². The Morgan fingerprint density at radius 2 is 1.89 bits per heavy atom. The number of rotatable bonds is 5. The second kappa shape index (κ2) is 6.82. The van der Waals surface area contributed by atoms with Crippen molar-refractivity contribution in [2.45, 2.75) is 38.5 Å². The van der Waals surface area contributed by atoms with Crippen molar-refractivity contribution < 1.29 is 13.7 Å². The van der Waals surface area contributed by atoms with Gasteiger partial charge >= 0.3 is 5.97 Å². The number of hydrogen-bond donors (Lipinski definition) is 1. The smallest absolute Gasteiger partial charge is 0.328 e. The molecule has 1 unspecified atom stereocenters. The van der Waals surface area contributed by atoms with Gasteiger partial charge in [0.1, 0.15) is 6.04 Å². The van der Waals surface area contributed by atoms with E-state index < -0.39 is 27.7 Å². The van der Waals surface area contributed by atoms with E-state index in [9.17, 15) is 9.00 Å². The number of ether oxygens (including phenoxy) is 1. The van der Waals surface area contributed by atoms with E-state index in [0.29, 0.717) is 6.61 Å². The number of esters is 1. The molecule has 0 saturated carbocycles. The summed E-state index contributed by atoms with van der Waals surface area (Å²) >= 11 is 0. The van der Waals surface area contributed by atoms with E-state index in [4.69, 9.17) is 4.74 Å². The summed E-state index contributed by atoms with van der Waals surface area (Å²) in [5, 5.41) is 0.